The summed E-state index contributed by atoms with van der Waals surface area (Å²) >= 11 is 0.982. The number of nitrogens with one attached hydrogen (secondary N) is 1. The lowest BCUT2D eigenvalue weighted by atomic mass is 10.0. The Labute approximate surface area is 195 Å². The highest BCUT2D eigenvalue weighted by Gasteiger charge is 2.34. The molecule has 3 heterocycles. The maximum Gasteiger partial charge on any atom is 0.339 e. The lowest BCUT2D eigenvalue weighted by molar-refractivity contribution is 0.0599. The van der Waals surface area contributed by atoms with Gasteiger partial charge in [0.25, 0.3) is 0 Å². The molecule has 1 atom stereocenters. The number of sulfonamides is 1. The van der Waals surface area contributed by atoms with Gasteiger partial charge in [-0.3, -0.25) is 9.69 Å². The van der Waals surface area contributed by atoms with Gasteiger partial charge in [-0.1, -0.05) is 6.07 Å². The number of carbonyl (C=O) groups is 2. The van der Waals surface area contributed by atoms with Crippen LogP contribution >= 0.6 is 11.7 Å². The number of rotatable bonds is 6. The molecule has 1 aromatic carbocycles. The largest absolute Gasteiger partial charge is 0.465 e. The summed E-state index contributed by atoms with van der Waals surface area (Å²) in [6.07, 6.45) is 0. The van der Waals surface area contributed by atoms with Crippen LogP contribution in [0.25, 0.3) is 11.0 Å². The normalized spacial score (nSPS) is 16.7. The molecule has 0 amide bonds. The minimum absolute atomic E-state index is 0.152. The average Bonchev–Trinajstić information content (AvgIpc) is 3.41. The van der Waals surface area contributed by atoms with Crippen LogP contribution in [0.3, 0.4) is 0 Å². The zero-order chi connectivity index (χ0) is 23.9. The first-order chi connectivity index (χ1) is 15.7. The fraction of sp³-hybridized carbons (Fsp3) is 0.429. The summed E-state index contributed by atoms with van der Waals surface area (Å²) in [5, 5.41) is 0. The number of ketones is 1. The van der Waals surface area contributed by atoms with Crippen molar-refractivity contribution < 1.29 is 22.7 Å². The molecule has 0 aliphatic carbocycles. The van der Waals surface area contributed by atoms with Gasteiger partial charge >= 0.3 is 5.97 Å². The molecule has 1 unspecified atom stereocenters. The number of methoxy groups -OCH3 is 1. The molecular formula is C21H25N5O5S2. The monoisotopic (exact) mass is 491 g/mol. The Balaban J connectivity index is 1.48. The Morgan fingerprint density at radius 3 is 2.52 bits per heavy atom. The van der Waals surface area contributed by atoms with Gasteiger partial charge < -0.3 is 9.72 Å². The second kappa shape index (κ2) is 8.93. The van der Waals surface area contributed by atoms with Gasteiger partial charge in [-0.05, 0) is 38.5 Å². The third-order valence-corrected chi connectivity index (χ3v) is 8.61. The van der Waals surface area contributed by atoms with Gasteiger partial charge in [-0.25, -0.2) is 13.2 Å². The first-order valence-electron chi connectivity index (χ1n) is 10.4. The van der Waals surface area contributed by atoms with Crippen molar-refractivity contribution in [3.8, 4) is 0 Å². The predicted octanol–water partition coefficient (Wildman–Crippen LogP) is 2.00. The SMILES string of the molecule is COC(=O)c1c(C)[nH]c(C(=O)C(C)N2CCN(S(=O)(=O)c3cccc4nsnc34)CC2)c1C. The van der Waals surface area contributed by atoms with E-state index in [1.54, 1.807) is 39.0 Å². The maximum atomic E-state index is 13.2. The second-order valence-electron chi connectivity index (χ2n) is 7.98. The van der Waals surface area contributed by atoms with E-state index in [0.29, 0.717) is 46.6 Å². The summed E-state index contributed by atoms with van der Waals surface area (Å²) in [5.41, 5.74) is 2.82. The summed E-state index contributed by atoms with van der Waals surface area (Å²) in [4.78, 5) is 30.4. The van der Waals surface area contributed by atoms with Crippen molar-refractivity contribution in [2.75, 3.05) is 33.3 Å². The highest BCUT2D eigenvalue weighted by Crippen LogP contribution is 2.26. The smallest absolute Gasteiger partial charge is 0.339 e. The molecule has 1 fully saturated rings. The number of hydrogen-bond acceptors (Lipinski definition) is 9. The lowest BCUT2D eigenvalue weighted by Crippen LogP contribution is -2.53. The van der Waals surface area contributed by atoms with E-state index in [1.807, 2.05) is 4.90 Å². The number of ether oxygens (including phenoxy) is 1. The van der Waals surface area contributed by atoms with Crippen molar-refractivity contribution in [3.05, 3.63) is 40.7 Å². The Morgan fingerprint density at radius 1 is 1.15 bits per heavy atom. The number of carbonyl (C=O) groups excluding carboxylic acids is 2. The molecule has 12 heteroatoms. The van der Waals surface area contributed by atoms with Crippen LogP contribution in [-0.2, 0) is 14.8 Å². The average molecular weight is 492 g/mol. The maximum absolute atomic E-state index is 13.2. The van der Waals surface area contributed by atoms with Crippen LogP contribution in [0.4, 0.5) is 0 Å². The van der Waals surface area contributed by atoms with Crippen LogP contribution < -0.4 is 0 Å². The number of aryl methyl sites for hydroxylation is 1. The molecule has 176 valence electrons. The van der Waals surface area contributed by atoms with Crippen LogP contribution in [0.1, 0.15) is 39.0 Å². The third kappa shape index (κ3) is 4.07. The predicted molar refractivity (Wildman–Crippen MR) is 123 cm³/mol. The zero-order valence-electron chi connectivity index (χ0n) is 18.8. The van der Waals surface area contributed by atoms with Crippen molar-refractivity contribution in [2.24, 2.45) is 0 Å². The summed E-state index contributed by atoms with van der Waals surface area (Å²) in [6, 6.07) is 4.46. The zero-order valence-corrected chi connectivity index (χ0v) is 20.4. The van der Waals surface area contributed by atoms with Gasteiger partial charge in [0, 0.05) is 31.9 Å². The molecule has 4 rings (SSSR count). The number of benzene rings is 1. The quantitative estimate of drug-likeness (QED) is 0.410. The van der Waals surface area contributed by atoms with Gasteiger partial charge in [0.05, 0.1) is 36.1 Å². The van der Waals surface area contributed by atoms with Crippen molar-refractivity contribution in [2.45, 2.75) is 31.7 Å². The van der Waals surface area contributed by atoms with Crippen LogP contribution in [0.5, 0.6) is 0 Å². The molecule has 1 N–H and O–H groups in total. The number of piperazine rings is 1. The van der Waals surface area contributed by atoms with E-state index in [0.717, 1.165) is 11.7 Å². The Morgan fingerprint density at radius 2 is 1.85 bits per heavy atom. The summed E-state index contributed by atoms with van der Waals surface area (Å²) in [7, 11) is -2.43. The Bertz CT molecular complexity index is 1320. The van der Waals surface area contributed by atoms with E-state index >= 15 is 0 Å². The number of aromatic nitrogens is 3. The second-order valence-corrected chi connectivity index (χ2v) is 10.4. The number of nitrogens with zero attached hydrogens (tertiary/aromatic N) is 4. The number of aromatic amines is 1. The number of fused-ring (bicyclic) bond motifs is 1. The van der Waals surface area contributed by atoms with Crippen LogP contribution in [0, 0.1) is 13.8 Å². The lowest BCUT2D eigenvalue weighted by Gasteiger charge is -2.36. The summed E-state index contributed by atoms with van der Waals surface area (Å²) in [6.45, 7) is 6.55. The highest BCUT2D eigenvalue weighted by molar-refractivity contribution is 7.89. The van der Waals surface area contributed by atoms with E-state index in [2.05, 4.69) is 13.7 Å². The molecule has 2 aromatic heterocycles. The summed E-state index contributed by atoms with van der Waals surface area (Å²) in [5.74, 6) is -0.641. The van der Waals surface area contributed by atoms with Gasteiger partial charge in [-0.2, -0.15) is 13.1 Å². The fourth-order valence-corrected chi connectivity index (χ4v) is 6.41. The van der Waals surface area contributed by atoms with E-state index in [-0.39, 0.29) is 23.8 Å². The topological polar surface area (TPSA) is 126 Å². The first-order valence-corrected chi connectivity index (χ1v) is 12.6. The van der Waals surface area contributed by atoms with E-state index < -0.39 is 22.0 Å². The molecule has 10 nitrogen and oxygen atoms in total. The van der Waals surface area contributed by atoms with Gasteiger partial charge in [-0.15, -0.1) is 0 Å². The van der Waals surface area contributed by atoms with Crippen molar-refractivity contribution in [3.63, 3.8) is 0 Å². The number of hydrogen-bond donors (Lipinski definition) is 1. The minimum Gasteiger partial charge on any atom is -0.465 e. The number of esters is 1. The Hall–Kier alpha value is -2.67. The molecule has 0 spiro atoms. The van der Waals surface area contributed by atoms with Crippen molar-refractivity contribution >= 4 is 44.5 Å². The van der Waals surface area contributed by atoms with Gasteiger partial charge in [0.15, 0.2) is 5.78 Å². The molecule has 1 aliphatic rings. The van der Waals surface area contributed by atoms with E-state index in [1.165, 1.54) is 11.4 Å². The van der Waals surface area contributed by atoms with Crippen molar-refractivity contribution in [1.82, 2.24) is 22.9 Å². The molecule has 1 saturated heterocycles. The number of Topliss-reactive ketones (excluding diaryl/α,β-unsaturated/α-hetero) is 1. The highest BCUT2D eigenvalue weighted by atomic mass is 32.2. The van der Waals surface area contributed by atoms with Gasteiger partial charge in [0.2, 0.25) is 10.0 Å². The van der Waals surface area contributed by atoms with Gasteiger partial charge in [0.1, 0.15) is 15.9 Å². The molecule has 1 aliphatic heterocycles. The Kier molecular flexibility index (Phi) is 6.36. The van der Waals surface area contributed by atoms with Crippen molar-refractivity contribution in [1.29, 1.82) is 0 Å². The molecular weight excluding hydrogens is 466 g/mol. The summed E-state index contributed by atoms with van der Waals surface area (Å²) < 4.78 is 41.0. The molecule has 3 aromatic rings. The molecule has 0 saturated carbocycles. The minimum atomic E-state index is -3.73. The van der Waals surface area contributed by atoms with Crippen LogP contribution in [-0.4, -0.2) is 82.4 Å². The fourth-order valence-electron chi connectivity index (χ4n) is 4.24. The molecule has 0 bridgehead atoms. The van der Waals surface area contributed by atoms with Crippen LogP contribution in [0.2, 0.25) is 0 Å². The van der Waals surface area contributed by atoms with E-state index in [9.17, 15) is 18.0 Å². The third-order valence-electron chi connectivity index (χ3n) is 6.14. The molecule has 0 radical (unpaired) electrons. The van der Waals surface area contributed by atoms with E-state index in [4.69, 9.17) is 4.74 Å². The molecule has 33 heavy (non-hydrogen) atoms. The number of H-pyrrole nitrogens is 1. The first kappa shape index (κ1) is 23.5. The van der Waals surface area contributed by atoms with Crippen LogP contribution in [0.15, 0.2) is 23.1 Å². The standard InChI is InChI=1S/C21H25N5O5S2/c1-12-17(21(28)31-4)13(2)22-18(12)20(27)14(3)25-8-10-26(11-9-25)33(29,30)16-7-5-6-15-19(16)24-32-23-15/h5-7,14,22H,8-11H2,1-4H3.